The Bertz CT molecular complexity index is 600. The van der Waals surface area contributed by atoms with Crippen molar-refractivity contribution >= 4 is 29.2 Å². The number of rotatable bonds is 5. The molecule has 0 unspecified atom stereocenters. The van der Waals surface area contributed by atoms with Crippen molar-refractivity contribution in [3.63, 3.8) is 0 Å². The highest BCUT2D eigenvalue weighted by molar-refractivity contribution is 6.33. The van der Waals surface area contributed by atoms with Gasteiger partial charge in [0.1, 0.15) is 0 Å². The lowest BCUT2D eigenvalue weighted by Gasteiger charge is -2.13. The minimum atomic E-state index is -0.954. The summed E-state index contributed by atoms with van der Waals surface area (Å²) in [7, 11) is 0. The summed E-state index contributed by atoms with van der Waals surface area (Å²) in [6.07, 6.45) is 0.908. The molecule has 112 valence electrons. The summed E-state index contributed by atoms with van der Waals surface area (Å²) in [5.41, 5.74) is -0.246. The zero-order valence-corrected chi connectivity index (χ0v) is 11.9. The van der Waals surface area contributed by atoms with Crippen molar-refractivity contribution in [2.75, 3.05) is 0 Å². The molecule has 1 aromatic rings. The van der Waals surface area contributed by atoms with E-state index in [9.17, 15) is 19.7 Å². The van der Waals surface area contributed by atoms with Crippen LogP contribution in [0.15, 0.2) is 18.2 Å². The predicted molar refractivity (Wildman–Crippen MR) is 74.1 cm³/mol. The number of ether oxygens (including phenoxy) is 1. The Hall–Kier alpha value is -2.15. The third-order valence-corrected chi connectivity index (χ3v) is 3.27. The summed E-state index contributed by atoms with van der Waals surface area (Å²) in [5.74, 6) is -1.17. The second kappa shape index (κ2) is 6.09. The lowest BCUT2D eigenvalue weighted by molar-refractivity contribution is -0.384. The first-order chi connectivity index (χ1) is 9.88. The standard InChI is InChI=1S/C13H13ClN2O5/c1-7(12(17)15-8-2-3-8)21-13(18)10-5-4-9(16(19)20)6-11(10)14/h4-8H,2-3H2,1H3,(H,15,17)/t7-/m1/s1. The minimum absolute atomic E-state index is 0.0201. The fourth-order valence-electron chi connectivity index (χ4n) is 1.61. The highest BCUT2D eigenvalue weighted by Crippen LogP contribution is 2.23. The van der Waals surface area contributed by atoms with Crippen molar-refractivity contribution < 1.29 is 19.2 Å². The van der Waals surface area contributed by atoms with Gasteiger partial charge < -0.3 is 10.1 Å². The van der Waals surface area contributed by atoms with Crippen molar-refractivity contribution in [3.8, 4) is 0 Å². The van der Waals surface area contributed by atoms with E-state index in [2.05, 4.69) is 5.32 Å². The number of benzene rings is 1. The summed E-state index contributed by atoms with van der Waals surface area (Å²) in [5, 5.41) is 13.2. The zero-order chi connectivity index (χ0) is 15.6. The molecule has 1 aliphatic carbocycles. The number of halogens is 1. The molecule has 1 aliphatic rings. The van der Waals surface area contributed by atoms with E-state index in [4.69, 9.17) is 16.3 Å². The van der Waals surface area contributed by atoms with E-state index in [1.54, 1.807) is 0 Å². The van der Waals surface area contributed by atoms with Gasteiger partial charge in [-0.05, 0) is 25.8 Å². The molecular formula is C13H13ClN2O5. The molecule has 1 atom stereocenters. The van der Waals surface area contributed by atoms with Crippen LogP contribution in [0.4, 0.5) is 5.69 Å². The average Bonchev–Trinajstić information content (AvgIpc) is 3.21. The molecule has 2 rings (SSSR count). The first-order valence-corrected chi connectivity index (χ1v) is 6.71. The number of hydrogen-bond acceptors (Lipinski definition) is 5. The Labute approximate surface area is 125 Å². The molecular weight excluding hydrogens is 300 g/mol. The number of nitro benzene ring substituents is 1. The normalized spacial score (nSPS) is 15.1. The molecule has 0 heterocycles. The number of hydrogen-bond donors (Lipinski definition) is 1. The van der Waals surface area contributed by atoms with Crippen LogP contribution in [0.5, 0.6) is 0 Å². The number of amides is 1. The van der Waals surface area contributed by atoms with Crippen LogP contribution in [0.1, 0.15) is 30.1 Å². The lowest BCUT2D eigenvalue weighted by atomic mass is 10.2. The average molecular weight is 313 g/mol. The van der Waals surface area contributed by atoms with Crippen molar-refractivity contribution in [2.24, 2.45) is 0 Å². The van der Waals surface area contributed by atoms with Gasteiger partial charge in [-0.25, -0.2) is 4.79 Å². The number of carbonyl (C=O) groups excluding carboxylic acids is 2. The molecule has 1 N–H and O–H groups in total. The van der Waals surface area contributed by atoms with Crippen molar-refractivity contribution in [2.45, 2.75) is 31.9 Å². The van der Waals surface area contributed by atoms with Crippen LogP contribution in [0.25, 0.3) is 0 Å². The Kier molecular flexibility index (Phi) is 4.42. The quantitative estimate of drug-likeness (QED) is 0.510. The molecule has 21 heavy (non-hydrogen) atoms. The van der Waals surface area contributed by atoms with Crippen LogP contribution in [-0.4, -0.2) is 28.9 Å². The van der Waals surface area contributed by atoms with Gasteiger partial charge in [0, 0.05) is 18.2 Å². The molecule has 1 amide bonds. The van der Waals surface area contributed by atoms with Crippen LogP contribution in [0, 0.1) is 10.1 Å². The minimum Gasteiger partial charge on any atom is -0.449 e. The van der Waals surface area contributed by atoms with Crippen LogP contribution >= 0.6 is 11.6 Å². The number of nitrogens with zero attached hydrogens (tertiary/aromatic N) is 1. The van der Waals surface area contributed by atoms with E-state index in [0.717, 1.165) is 25.0 Å². The van der Waals surface area contributed by atoms with Crippen LogP contribution < -0.4 is 5.32 Å². The molecule has 0 radical (unpaired) electrons. The predicted octanol–water partition coefficient (Wildman–Crippen LogP) is 2.07. The Morgan fingerprint density at radius 2 is 2.14 bits per heavy atom. The van der Waals surface area contributed by atoms with E-state index < -0.39 is 17.0 Å². The molecule has 0 bridgehead atoms. The maximum absolute atomic E-state index is 11.9. The Balaban J connectivity index is 2.02. The van der Waals surface area contributed by atoms with Gasteiger partial charge >= 0.3 is 5.97 Å². The van der Waals surface area contributed by atoms with Crippen LogP contribution in [0.3, 0.4) is 0 Å². The molecule has 0 aliphatic heterocycles. The van der Waals surface area contributed by atoms with Gasteiger partial charge in [0.05, 0.1) is 15.5 Å². The third-order valence-electron chi connectivity index (χ3n) is 2.96. The van der Waals surface area contributed by atoms with Gasteiger partial charge in [0.15, 0.2) is 6.10 Å². The summed E-state index contributed by atoms with van der Waals surface area (Å²) >= 11 is 5.82. The topological polar surface area (TPSA) is 98.5 Å². The van der Waals surface area contributed by atoms with Crippen LogP contribution in [-0.2, 0) is 9.53 Å². The highest BCUT2D eigenvalue weighted by atomic mass is 35.5. The molecule has 7 nitrogen and oxygen atoms in total. The zero-order valence-electron chi connectivity index (χ0n) is 11.2. The molecule has 0 aromatic heterocycles. The lowest BCUT2D eigenvalue weighted by Crippen LogP contribution is -2.37. The molecule has 0 saturated heterocycles. The van der Waals surface area contributed by atoms with Gasteiger partial charge in [-0.3, -0.25) is 14.9 Å². The van der Waals surface area contributed by atoms with Gasteiger partial charge in [-0.1, -0.05) is 11.6 Å². The second-order valence-electron chi connectivity index (χ2n) is 4.75. The first-order valence-electron chi connectivity index (χ1n) is 6.34. The maximum atomic E-state index is 11.9. The molecule has 1 saturated carbocycles. The molecule has 1 aromatic carbocycles. The summed E-state index contributed by atoms with van der Waals surface area (Å²) in [4.78, 5) is 33.6. The fourth-order valence-corrected chi connectivity index (χ4v) is 1.86. The Morgan fingerprint density at radius 3 is 2.67 bits per heavy atom. The van der Waals surface area contributed by atoms with Crippen molar-refractivity contribution in [3.05, 3.63) is 38.9 Å². The van der Waals surface area contributed by atoms with Crippen molar-refractivity contribution in [1.82, 2.24) is 5.32 Å². The number of non-ortho nitro benzene ring substituents is 1. The number of nitrogens with one attached hydrogen (secondary N) is 1. The van der Waals surface area contributed by atoms with E-state index in [1.807, 2.05) is 0 Å². The smallest absolute Gasteiger partial charge is 0.340 e. The SMILES string of the molecule is C[C@@H](OC(=O)c1ccc([N+](=O)[O-])cc1Cl)C(=O)NC1CC1. The Morgan fingerprint density at radius 1 is 1.48 bits per heavy atom. The van der Waals surface area contributed by atoms with E-state index in [-0.39, 0.29) is 28.2 Å². The third kappa shape index (κ3) is 3.91. The summed E-state index contributed by atoms with van der Waals surface area (Å²) < 4.78 is 5.00. The highest BCUT2D eigenvalue weighted by Gasteiger charge is 2.28. The number of esters is 1. The number of nitro groups is 1. The van der Waals surface area contributed by atoms with Gasteiger partial charge in [-0.2, -0.15) is 0 Å². The van der Waals surface area contributed by atoms with E-state index in [1.165, 1.54) is 13.0 Å². The second-order valence-corrected chi connectivity index (χ2v) is 5.16. The van der Waals surface area contributed by atoms with Crippen molar-refractivity contribution in [1.29, 1.82) is 0 Å². The molecule has 8 heteroatoms. The summed E-state index contributed by atoms with van der Waals surface area (Å²) in [6.45, 7) is 1.45. The maximum Gasteiger partial charge on any atom is 0.340 e. The monoisotopic (exact) mass is 312 g/mol. The van der Waals surface area contributed by atoms with E-state index >= 15 is 0 Å². The first kappa shape index (κ1) is 15.2. The van der Waals surface area contributed by atoms with E-state index in [0.29, 0.717) is 0 Å². The van der Waals surface area contributed by atoms with Crippen LogP contribution in [0.2, 0.25) is 5.02 Å². The molecule has 1 fully saturated rings. The fraction of sp³-hybridized carbons (Fsp3) is 0.385. The van der Waals surface area contributed by atoms with Gasteiger partial charge in [-0.15, -0.1) is 0 Å². The molecule has 0 spiro atoms. The van der Waals surface area contributed by atoms with Gasteiger partial charge in [0.2, 0.25) is 0 Å². The van der Waals surface area contributed by atoms with Gasteiger partial charge in [0.25, 0.3) is 11.6 Å². The largest absolute Gasteiger partial charge is 0.449 e. The summed E-state index contributed by atoms with van der Waals surface area (Å²) in [6, 6.07) is 3.58. The number of carbonyl (C=O) groups is 2.